The lowest BCUT2D eigenvalue weighted by molar-refractivity contribution is -0.140. The van der Waals surface area contributed by atoms with Crippen LogP contribution in [0.1, 0.15) is 49.9 Å². The van der Waals surface area contributed by atoms with E-state index in [1.807, 2.05) is 24.3 Å². The number of morpholine rings is 1. The third-order valence-electron chi connectivity index (χ3n) is 7.50. The van der Waals surface area contributed by atoms with Gasteiger partial charge in [0.15, 0.2) is 0 Å². The molecule has 0 radical (unpaired) electrons. The highest BCUT2D eigenvalue weighted by Gasteiger charge is 2.46. The van der Waals surface area contributed by atoms with Crippen LogP contribution in [0.4, 0.5) is 0 Å². The van der Waals surface area contributed by atoms with Gasteiger partial charge in [0, 0.05) is 45.8 Å². The summed E-state index contributed by atoms with van der Waals surface area (Å²) in [5.74, 6) is -1.85. The third-order valence-corrected chi connectivity index (χ3v) is 9.31. The van der Waals surface area contributed by atoms with Gasteiger partial charge in [-0.2, -0.15) is 0 Å². The van der Waals surface area contributed by atoms with Gasteiger partial charge in [-0.05, 0) is 35.1 Å². The van der Waals surface area contributed by atoms with Gasteiger partial charge in [0.1, 0.15) is 5.76 Å². The van der Waals surface area contributed by atoms with E-state index in [0.717, 1.165) is 29.5 Å². The molecule has 1 amide bonds. The quantitative estimate of drug-likeness (QED) is 0.295. The van der Waals surface area contributed by atoms with Gasteiger partial charge >= 0.3 is 0 Å². The first kappa shape index (κ1) is 29.9. The highest BCUT2D eigenvalue weighted by molar-refractivity contribution is 7.89. The van der Waals surface area contributed by atoms with Crippen LogP contribution in [-0.4, -0.2) is 92.8 Å². The summed E-state index contributed by atoms with van der Waals surface area (Å²) in [4.78, 5) is 30.6. The summed E-state index contributed by atoms with van der Waals surface area (Å²) < 4.78 is 32.0. The standard InChI is InChI=1S/C30H39N3O6S/c1-30(2,3)23-12-10-21(11-13-23)26-25(27(34)22-8-6-9-24(20-22)40(37,38)31(4)5)28(35)29(36)33(26)15-7-14-32-16-18-39-19-17-32/h6,8-13,20,26,34H,7,14-19H2,1-5H3/b27-25-. The Kier molecular flexibility index (Phi) is 8.84. The molecule has 2 saturated heterocycles. The first-order chi connectivity index (χ1) is 18.8. The Morgan fingerprint density at radius 3 is 2.27 bits per heavy atom. The SMILES string of the molecule is CN(C)S(=O)(=O)c1cccc(/C(O)=C2/C(=O)C(=O)N(CCCN3CCOCC3)C2c2ccc(C(C)(C)C)cc2)c1. The summed E-state index contributed by atoms with van der Waals surface area (Å²) >= 11 is 0. The Balaban J connectivity index is 1.75. The van der Waals surface area contributed by atoms with Crippen LogP contribution in [0, 0.1) is 0 Å². The van der Waals surface area contributed by atoms with Crippen molar-refractivity contribution < 1.29 is 27.9 Å². The minimum Gasteiger partial charge on any atom is -0.507 e. The number of likely N-dealkylation sites (tertiary alicyclic amines) is 1. The first-order valence-corrected chi connectivity index (χ1v) is 15.0. The van der Waals surface area contributed by atoms with Crippen LogP contribution in [0.15, 0.2) is 59.0 Å². The number of hydrogen-bond acceptors (Lipinski definition) is 7. The Morgan fingerprint density at radius 1 is 1.02 bits per heavy atom. The highest BCUT2D eigenvalue weighted by Crippen LogP contribution is 2.40. The van der Waals surface area contributed by atoms with Crippen molar-refractivity contribution in [2.75, 3.05) is 53.5 Å². The molecule has 0 aromatic heterocycles. The predicted octanol–water partition coefficient (Wildman–Crippen LogP) is 3.38. The number of sulfonamides is 1. The molecule has 9 nitrogen and oxygen atoms in total. The van der Waals surface area contributed by atoms with Crippen LogP contribution in [0.2, 0.25) is 0 Å². The monoisotopic (exact) mass is 569 g/mol. The van der Waals surface area contributed by atoms with Crippen LogP contribution in [0.25, 0.3) is 5.76 Å². The molecule has 2 aliphatic rings. The fraction of sp³-hybridized carbons (Fsp3) is 0.467. The Morgan fingerprint density at radius 2 is 1.68 bits per heavy atom. The Labute approximate surface area is 237 Å². The average molecular weight is 570 g/mol. The molecule has 0 aliphatic carbocycles. The first-order valence-electron chi connectivity index (χ1n) is 13.5. The molecule has 1 N–H and O–H groups in total. The van der Waals surface area contributed by atoms with E-state index in [4.69, 9.17) is 4.74 Å². The van der Waals surface area contributed by atoms with E-state index in [9.17, 15) is 23.1 Å². The van der Waals surface area contributed by atoms with Gasteiger partial charge in [0.25, 0.3) is 11.7 Å². The molecule has 2 aromatic carbocycles. The van der Waals surface area contributed by atoms with Gasteiger partial charge in [-0.15, -0.1) is 0 Å². The Hall–Kier alpha value is -3.05. The Bertz CT molecular complexity index is 1390. The largest absolute Gasteiger partial charge is 0.507 e. The zero-order valence-electron chi connectivity index (χ0n) is 23.9. The molecule has 2 fully saturated rings. The summed E-state index contributed by atoms with van der Waals surface area (Å²) in [7, 11) is -0.931. The molecule has 2 aliphatic heterocycles. The number of aliphatic hydroxyl groups excluding tert-OH is 1. The number of carbonyl (C=O) groups excluding carboxylic acids is 2. The van der Waals surface area contributed by atoms with Crippen molar-refractivity contribution in [3.8, 4) is 0 Å². The van der Waals surface area contributed by atoms with E-state index < -0.39 is 33.5 Å². The third kappa shape index (κ3) is 6.15. The molecule has 4 rings (SSSR count). The van der Waals surface area contributed by atoms with Crippen LogP contribution >= 0.6 is 0 Å². The van der Waals surface area contributed by atoms with E-state index >= 15 is 0 Å². The number of benzene rings is 2. The number of amides is 1. The smallest absolute Gasteiger partial charge is 0.295 e. The maximum absolute atomic E-state index is 13.4. The summed E-state index contributed by atoms with van der Waals surface area (Å²) in [5, 5.41) is 11.4. The molecule has 40 heavy (non-hydrogen) atoms. The van der Waals surface area contributed by atoms with Crippen LogP contribution in [0.3, 0.4) is 0 Å². The molecule has 0 saturated carbocycles. The van der Waals surface area contributed by atoms with Crippen molar-refractivity contribution in [2.45, 2.75) is 43.5 Å². The zero-order chi connectivity index (χ0) is 29.2. The van der Waals surface area contributed by atoms with E-state index in [1.54, 1.807) is 0 Å². The maximum atomic E-state index is 13.4. The zero-order valence-corrected chi connectivity index (χ0v) is 24.7. The van der Waals surface area contributed by atoms with Crippen molar-refractivity contribution in [1.82, 2.24) is 14.1 Å². The lowest BCUT2D eigenvalue weighted by Crippen LogP contribution is -2.39. The lowest BCUT2D eigenvalue weighted by atomic mass is 9.85. The van der Waals surface area contributed by atoms with Gasteiger partial charge in [-0.25, -0.2) is 12.7 Å². The van der Waals surface area contributed by atoms with E-state index in [-0.39, 0.29) is 21.4 Å². The van der Waals surface area contributed by atoms with Gasteiger partial charge in [0.2, 0.25) is 10.0 Å². The minimum absolute atomic E-state index is 0.0210. The molecule has 1 unspecified atom stereocenters. The van der Waals surface area contributed by atoms with E-state index in [0.29, 0.717) is 31.7 Å². The number of carbonyl (C=O) groups is 2. The fourth-order valence-electron chi connectivity index (χ4n) is 5.08. The number of Topliss-reactive ketones (excluding diaryl/α,β-unsaturated/α-hetero) is 1. The van der Waals surface area contributed by atoms with Crippen molar-refractivity contribution >= 4 is 27.5 Å². The topological polar surface area (TPSA) is 107 Å². The minimum atomic E-state index is -3.77. The molecule has 2 heterocycles. The average Bonchev–Trinajstić information content (AvgIpc) is 3.18. The van der Waals surface area contributed by atoms with Gasteiger partial charge < -0.3 is 14.7 Å². The van der Waals surface area contributed by atoms with Crippen LogP contribution < -0.4 is 0 Å². The van der Waals surface area contributed by atoms with Crippen molar-refractivity contribution in [2.24, 2.45) is 0 Å². The van der Waals surface area contributed by atoms with Gasteiger partial charge in [0.05, 0.1) is 29.7 Å². The van der Waals surface area contributed by atoms with Crippen molar-refractivity contribution in [1.29, 1.82) is 0 Å². The second-order valence-corrected chi connectivity index (χ2v) is 13.6. The molecule has 2 aromatic rings. The molecule has 10 heteroatoms. The maximum Gasteiger partial charge on any atom is 0.295 e. The lowest BCUT2D eigenvalue weighted by Gasteiger charge is -2.29. The molecular formula is C30H39N3O6S. The summed E-state index contributed by atoms with van der Waals surface area (Å²) in [5.41, 5.74) is 1.83. The summed E-state index contributed by atoms with van der Waals surface area (Å²) in [6.45, 7) is 10.4. The molecular weight excluding hydrogens is 530 g/mol. The predicted molar refractivity (Wildman–Crippen MR) is 153 cm³/mol. The molecule has 1 atom stereocenters. The van der Waals surface area contributed by atoms with E-state index in [1.165, 1.54) is 43.3 Å². The highest BCUT2D eigenvalue weighted by atomic mass is 32.2. The number of aliphatic hydroxyl groups is 1. The number of ether oxygens (including phenoxy) is 1. The second kappa shape index (κ2) is 11.8. The second-order valence-electron chi connectivity index (χ2n) is 11.5. The summed E-state index contributed by atoms with van der Waals surface area (Å²) in [6.07, 6.45) is 0.653. The van der Waals surface area contributed by atoms with Gasteiger partial charge in [-0.1, -0.05) is 57.2 Å². The van der Waals surface area contributed by atoms with Gasteiger partial charge in [-0.3, -0.25) is 14.5 Å². The van der Waals surface area contributed by atoms with Crippen molar-refractivity contribution in [3.63, 3.8) is 0 Å². The fourth-order valence-corrected chi connectivity index (χ4v) is 6.03. The molecule has 0 bridgehead atoms. The van der Waals surface area contributed by atoms with Crippen LogP contribution in [0.5, 0.6) is 0 Å². The number of rotatable bonds is 8. The number of nitrogens with zero attached hydrogens (tertiary/aromatic N) is 3. The molecule has 0 spiro atoms. The van der Waals surface area contributed by atoms with Crippen molar-refractivity contribution in [3.05, 3.63) is 70.8 Å². The number of hydrogen-bond donors (Lipinski definition) is 1. The summed E-state index contributed by atoms with van der Waals surface area (Å²) in [6, 6.07) is 12.8. The van der Waals surface area contributed by atoms with Crippen LogP contribution in [-0.2, 0) is 29.8 Å². The number of ketones is 1. The van der Waals surface area contributed by atoms with E-state index in [2.05, 4.69) is 25.7 Å². The normalized spacial score (nSPS) is 20.4. The molecule has 216 valence electrons.